The standard InChI is InChI=1S/C22H29ClN4O/c1-3-16(2)27-12-10-17(11-13-27)14-24-20-7-5-4-6-19(20)22(28)26-21-9-8-18(23)15-25-21/h4-9,15-17,24H,3,10-14H2,1-2H3,(H,25,26,28). The number of rotatable bonds is 7. The largest absolute Gasteiger partial charge is 0.384 e. The van der Waals surface area contributed by atoms with Crippen molar-refractivity contribution in [1.29, 1.82) is 0 Å². The molecule has 1 saturated heterocycles. The lowest BCUT2D eigenvalue weighted by atomic mass is 9.95. The molecule has 0 aliphatic carbocycles. The molecule has 1 aliphatic heterocycles. The Morgan fingerprint density at radius 3 is 2.68 bits per heavy atom. The Hall–Kier alpha value is -2.11. The third kappa shape index (κ3) is 5.46. The van der Waals surface area contributed by atoms with Crippen molar-refractivity contribution in [2.75, 3.05) is 30.3 Å². The maximum Gasteiger partial charge on any atom is 0.258 e. The van der Waals surface area contributed by atoms with Gasteiger partial charge in [0.05, 0.1) is 10.6 Å². The van der Waals surface area contributed by atoms with Crippen molar-refractivity contribution in [3.8, 4) is 0 Å². The van der Waals surface area contributed by atoms with Crippen LogP contribution in [0.3, 0.4) is 0 Å². The van der Waals surface area contributed by atoms with Gasteiger partial charge in [0.25, 0.3) is 5.91 Å². The number of carbonyl (C=O) groups is 1. The number of halogens is 1. The molecule has 1 aromatic heterocycles. The van der Waals surface area contributed by atoms with E-state index in [1.807, 2.05) is 24.3 Å². The summed E-state index contributed by atoms with van der Waals surface area (Å²) >= 11 is 5.85. The highest BCUT2D eigenvalue weighted by atomic mass is 35.5. The van der Waals surface area contributed by atoms with Crippen LogP contribution >= 0.6 is 11.6 Å². The number of hydrogen-bond donors (Lipinski definition) is 2. The van der Waals surface area contributed by atoms with Crippen molar-refractivity contribution >= 4 is 29.0 Å². The summed E-state index contributed by atoms with van der Waals surface area (Å²) in [5, 5.41) is 6.87. The van der Waals surface area contributed by atoms with E-state index in [0.717, 1.165) is 25.3 Å². The molecule has 1 aliphatic rings. The topological polar surface area (TPSA) is 57.3 Å². The number of amides is 1. The van der Waals surface area contributed by atoms with Gasteiger partial charge in [-0.2, -0.15) is 0 Å². The molecule has 6 heteroatoms. The van der Waals surface area contributed by atoms with Crippen LogP contribution < -0.4 is 10.6 Å². The van der Waals surface area contributed by atoms with Gasteiger partial charge in [0, 0.05) is 24.5 Å². The van der Waals surface area contributed by atoms with Crippen LogP contribution in [-0.4, -0.2) is 41.5 Å². The SMILES string of the molecule is CCC(C)N1CCC(CNc2ccccc2C(=O)Nc2ccc(Cl)cn2)CC1. The number of carbonyl (C=O) groups excluding carboxylic acids is 1. The van der Waals surface area contributed by atoms with Crippen molar-refractivity contribution in [2.24, 2.45) is 5.92 Å². The molecule has 2 N–H and O–H groups in total. The Kier molecular flexibility index (Phi) is 7.29. The average Bonchev–Trinajstić information content (AvgIpc) is 2.74. The van der Waals surface area contributed by atoms with Crippen LogP contribution in [0.4, 0.5) is 11.5 Å². The Bertz CT molecular complexity index is 772. The summed E-state index contributed by atoms with van der Waals surface area (Å²) in [5.74, 6) is 0.945. The highest BCUT2D eigenvalue weighted by Crippen LogP contribution is 2.22. The third-order valence-corrected chi connectivity index (χ3v) is 5.81. The fourth-order valence-electron chi connectivity index (χ4n) is 3.58. The molecule has 2 heterocycles. The Labute approximate surface area is 172 Å². The first-order valence-electron chi connectivity index (χ1n) is 10.1. The minimum atomic E-state index is -0.176. The number of nitrogens with one attached hydrogen (secondary N) is 2. The van der Waals surface area contributed by atoms with Gasteiger partial charge in [-0.1, -0.05) is 30.7 Å². The average molecular weight is 401 g/mol. The van der Waals surface area contributed by atoms with E-state index in [1.54, 1.807) is 12.1 Å². The lowest BCUT2D eigenvalue weighted by molar-refractivity contribution is 0.102. The van der Waals surface area contributed by atoms with Crippen molar-refractivity contribution in [2.45, 2.75) is 39.2 Å². The number of hydrogen-bond acceptors (Lipinski definition) is 4. The normalized spacial score (nSPS) is 16.5. The zero-order valence-electron chi connectivity index (χ0n) is 16.6. The number of pyridine rings is 1. The molecule has 28 heavy (non-hydrogen) atoms. The molecule has 1 fully saturated rings. The Morgan fingerprint density at radius 2 is 2.00 bits per heavy atom. The molecule has 0 bridgehead atoms. The number of aromatic nitrogens is 1. The molecule has 1 amide bonds. The van der Waals surface area contributed by atoms with E-state index in [2.05, 4.69) is 34.4 Å². The second kappa shape index (κ2) is 9.89. The van der Waals surface area contributed by atoms with Crippen LogP contribution in [0.5, 0.6) is 0 Å². The van der Waals surface area contributed by atoms with E-state index >= 15 is 0 Å². The van der Waals surface area contributed by atoms with E-state index < -0.39 is 0 Å². The fourth-order valence-corrected chi connectivity index (χ4v) is 3.69. The quantitative estimate of drug-likeness (QED) is 0.693. The summed E-state index contributed by atoms with van der Waals surface area (Å²) in [6, 6.07) is 11.7. The van der Waals surface area contributed by atoms with Gasteiger partial charge in [-0.25, -0.2) is 4.98 Å². The van der Waals surface area contributed by atoms with Crippen LogP contribution in [0.2, 0.25) is 5.02 Å². The molecule has 0 radical (unpaired) electrons. The van der Waals surface area contributed by atoms with Gasteiger partial charge in [0.2, 0.25) is 0 Å². The monoisotopic (exact) mass is 400 g/mol. The van der Waals surface area contributed by atoms with E-state index in [0.29, 0.717) is 28.4 Å². The molecule has 0 saturated carbocycles. The predicted octanol–water partition coefficient (Wildman–Crippen LogP) is 4.91. The number of benzene rings is 1. The molecule has 1 atom stereocenters. The summed E-state index contributed by atoms with van der Waals surface area (Å²) in [4.78, 5) is 19.4. The van der Waals surface area contributed by atoms with Gasteiger partial charge in [0.1, 0.15) is 5.82 Å². The molecule has 5 nitrogen and oxygen atoms in total. The maximum absolute atomic E-state index is 12.7. The first-order chi connectivity index (χ1) is 13.6. The second-order valence-corrected chi connectivity index (χ2v) is 7.92. The van der Waals surface area contributed by atoms with Crippen LogP contribution in [0, 0.1) is 5.92 Å². The second-order valence-electron chi connectivity index (χ2n) is 7.48. The van der Waals surface area contributed by atoms with Gasteiger partial charge in [0.15, 0.2) is 0 Å². The van der Waals surface area contributed by atoms with Crippen molar-refractivity contribution in [3.05, 3.63) is 53.2 Å². The lowest BCUT2D eigenvalue weighted by Gasteiger charge is -2.36. The molecule has 150 valence electrons. The maximum atomic E-state index is 12.7. The van der Waals surface area contributed by atoms with E-state index in [-0.39, 0.29) is 5.91 Å². The van der Waals surface area contributed by atoms with Crippen LogP contribution in [0.15, 0.2) is 42.6 Å². The number of likely N-dealkylation sites (tertiary alicyclic amines) is 1. The van der Waals surface area contributed by atoms with Crippen molar-refractivity contribution in [3.63, 3.8) is 0 Å². The number of para-hydroxylation sites is 1. The van der Waals surface area contributed by atoms with Gasteiger partial charge >= 0.3 is 0 Å². The van der Waals surface area contributed by atoms with E-state index in [4.69, 9.17) is 11.6 Å². The predicted molar refractivity (Wildman–Crippen MR) is 116 cm³/mol. The first kappa shape index (κ1) is 20.6. The van der Waals surface area contributed by atoms with Crippen molar-refractivity contribution in [1.82, 2.24) is 9.88 Å². The summed E-state index contributed by atoms with van der Waals surface area (Å²) in [7, 11) is 0. The molecule has 3 rings (SSSR count). The lowest BCUT2D eigenvalue weighted by Crippen LogP contribution is -2.40. The molecule has 0 spiro atoms. The summed E-state index contributed by atoms with van der Waals surface area (Å²) in [6.45, 7) is 7.76. The van der Waals surface area contributed by atoms with E-state index in [9.17, 15) is 4.79 Å². The molecule has 2 aromatic rings. The molecule has 1 unspecified atom stereocenters. The Balaban J connectivity index is 1.57. The highest BCUT2D eigenvalue weighted by molar-refractivity contribution is 6.30. The molecule has 1 aromatic carbocycles. The molecular formula is C22H29ClN4O. The third-order valence-electron chi connectivity index (χ3n) is 5.59. The smallest absolute Gasteiger partial charge is 0.258 e. The van der Waals surface area contributed by atoms with Crippen LogP contribution in [-0.2, 0) is 0 Å². The van der Waals surface area contributed by atoms with Gasteiger partial charge in [-0.05, 0) is 69.5 Å². The van der Waals surface area contributed by atoms with E-state index in [1.165, 1.54) is 25.5 Å². The van der Waals surface area contributed by atoms with Crippen LogP contribution in [0.25, 0.3) is 0 Å². The Morgan fingerprint density at radius 1 is 1.25 bits per heavy atom. The summed E-state index contributed by atoms with van der Waals surface area (Å²) in [5.41, 5.74) is 1.48. The van der Waals surface area contributed by atoms with Gasteiger partial charge < -0.3 is 15.5 Å². The number of piperidine rings is 1. The summed E-state index contributed by atoms with van der Waals surface area (Å²) < 4.78 is 0. The minimum Gasteiger partial charge on any atom is -0.384 e. The number of anilines is 2. The molecular weight excluding hydrogens is 372 g/mol. The minimum absolute atomic E-state index is 0.176. The fraction of sp³-hybridized carbons (Fsp3) is 0.455. The van der Waals surface area contributed by atoms with Gasteiger partial charge in [-0.3, -0.25) is 4.79 Å². The summed E-state index contributed by atoms with van der Waals surface area (Å²) in [6.07, 6.45) is 5.11. The van der Waals surface area contributed by atoms with Gasteiger partial charge in [-0.15, -0.1) is 0 Å². The van der Waals surface area contributed by atoms with Crippen molar-refractivity contribution < 1.29 is 4.79 Å². The highest BCUT2D eigenvalue weighted by Gasteiger charge is 2.22. The zero-order chi connectivity index (χ0) is 19.9. The van der Waals surface area contributed by atoms with Crippen LogP contribution in [0.1, 0.15) is 43.5 Å². The first-order valence-corrected chi connectivity index (χ1v) is 10.4. The number of nitrogens with zero attached hydrogens (tertiary/aromatic N) is 2. The zero-order valence-corrected chi connectivity index (χ0v) is 17.4.